The van der Waals surface area contributed by atoms with Crippen LogP contribution < -0.4 is 10.5 Å². The third-order valence-corrected chi connectivity index (χ3v) is 3.63. The third kappa shape index (κ3) is 2.49. The molecule has 0 heterocycles. The number of anilines is 1. The molecule has 2 aromatic carbocycles. The van der Waals surface area contributed by atoms with Crippen molar-refractivity contribution in [3.8, 4) is 5.75 Å². The molecule has 0 amide bonds. The monoisotopic (exact) mass is 289 g/mol. The zero-order chi connectivity index (χ0) is 14.9. The fraction of sp³-hybridized carbons (Fsp3) is 0.188. The number of nitrogens with two attached hydrogens (primary N) is 1. The first-order valence-corrected chi connectivity index (χ1v) is 6.57. The summed E-state index contributed by atoms with van der Waals surface area (Å²) < 4.78 is 5.37. The highest BCUT2D eigenvalue weighted by molar-refractivity contribution is 6.32. The first-order chi connectivity index (χ1) is 9.45. The minimum Gasteiger partial charge on any atom is -0.496 e. The molecule has 20 heavy (non-hydrogen) atoms. The van der Waals surface area contributed by atoms with Crippen molar-refractivity contribution in [1.29, 1.82) is 0 Å². The number of ether oxygens (including phenoxy) is 1. The largest absolute Gasteiger partial charge is 0.496 e. The van der Waals surface area contributed by atoms with E-state index in [0.29, 0.717) is 33.1 Å². The molecule has 104 valence electrons. The molecule has 0 bridgehead atoms. The van der Waals surface area contributed by atoms with Gasteiger partial charge in [-0.2, -0.15) is 0 Å². The van der Waals surface area contributed by atoms with E-state index in [1.165, 1.54) is 0 Å². The van der Waals surface area contributed by atoms with E-state index in [-0.39, 0.29) is 5.78 Å². The molecule has 0 aromatic heterocycles. The van der Waals surface area contributed by atoms with E-state index in [9.17, 15) is 4.79 Å². The molecule has 2 N–H and O–H groups in total. The number of benzene rings is 2. The van der Waals surface area contributed by atoms with Crippen LogP contribution in [0.25, 0.3) is 0 Å². The van der Waals surface area contributed by atoms with E-state index in [4.69, 9.17) is 22.1 Å². The fourth-order valence-corrected chi connectivity index (χ4v) is 2.47. The zero-order valence-electron chi connectivity index (χ0n) is 11.7. The van der Waals surface area contributed by atoms with Gasteiger partial charge in [0.1, 0.15) is 5.75 Å². The standard InChI is InChI=1S/C16H16ClNO2/c1-9-7-13(17)10(2)14(16(9)20-3)15(19)11-5-4-6-12(18)8-11/h4-8H,18H2,1-3H3. The Bertz CT molecular complexity index is 680. The van der Waals surface area contributed by atoms with Gasteiger partial charge < -0.3 is 10.5 Å². The van der Waals surface area contributed by atoms with Crippen molar-refractivity contribution >= 4 is 23.1 Å². The maximum absolute atomic E-state index is 12.7. The van der Waals surface area contributed by atoms with Gasteiger partial charge in [-0.05, 0) is 43.2 Å². The van der Waals surface area contributed by atoms with Gasteiger partial charge in [-0.3, -0.25) is 4.79 Å². The summed E-state index contributed by atoms with van der Waals surface area (Å²) in [6.45, 7) is 3.67. The van der Waals surface area contributed by atoms with Gasteiger partial charge in [-0.15, -0.1) is 0 Å². The van der Waals surface area contributed by atoms with Crippen molar-refractivity contribution in [3.63, 3.8) is 0 Å². The second-order valence-electron chi connectivity index (χ2n) is 4.66. The van der Waals surface area contributed by atoms with E-state index in [0.717, 1.165) is 5.56 Å². The summed E-state index contributed by atoms with van der Waals surface area (Å²) in [6, 6.07) is 8.67. The number of aryl methyl sites for hydroxylation is 1. The smallest absolute Gasteiger partial charge is 0.197 e. The normalized spacial score (nSPS) is 10.4. The quantitative estimate of drug-likeness (QED) is 0.691. The average molecular weight is 290 g/mol. The second kappa shape index (κ2) is 5.55. The van der Waals surface area contributed by atoms with Crippen LogP contribution in [0, 0.1) is 13.8 Å². The Labute approximate surface area is 123 Å². The molecule has 0 atom stereocenters. The Morgan fingerprint density at radius 1 is 1.25 bits per heavy atom. The molecule has 0 fully saturated rings. The van der Waals surface area contributed by atoms with Crippen LogP contribution in [-0.2, 0) is 0 Å². The highest BCUT2D eigenvalue weighted by Crippen LogP contribution is 2.33. The SMILES string of the molecule is COc1c(C)cc(Cl)c(C)c1C(=O)c1cccc(N)c1. The van der Waals surface area contributed by atoms with Crippen molar-refractivity contribution in [3.05, 3.63) is 57.6 Å². The van der Waals surface area contributed by atoms with Crippen molar-refractivity contribution in [2.75, 3.05) is 12.8 Å². The number of hydrogen-bond acceptors (Lipinski definition) is 3. The van der Waals surface area contributed by atoms with E-state index in [1.54, 1.807) is 37.4 Å². The molecule has 0 spiro atoms. The minimum absolute atomic E-state index is 0.141. The molecule has 3 nitrogen and oxygen atoms in total. The summed E-state index contributed by atoms with van der Waals surface area (Å²) in [7, 11) is 1.55. The first-order valence-electron chi connectivity index (χ1n) is 6.19. The third-order valence-electron chi connectivity index (χ3n) is 3.24. The molecule has 0 saturated heterocycles. The number of rotatable bonds is 3. The molecule has 2 rings (SSSR count). The summed E-state index contributed by atoms with van der Waals surface area (Å²) in [6.07, 6.45) is 0. The molecule has 0 unspecified atom stereocenters. The van der Waals surface area contributed by atoms with Crippen LogP contribution in [0.4, 0.5) is 5.69 Å². The van der Waals surface area contributed by atoms with Gasteiger partial charge in [0.05, 0.1) is 12.7 Å². The van der Waals surface area contributed by atoms with Gasteiger partial charge in [0, 0.05) is 16.3 Å². The zero-order valence-corrected chi connectivity index (χ0v) is 12.4. The Morgan fingerprint density at radius 2 is 1.95 bits per heavy atom. The molecular formula is C16H16ClNO2. The topological polar surface area (TPSA) is 52.3 Å². The van der Waals surface area contributed by atoms with Gasteiger partial charge >= 0.3 is 0 Å². The molecule has 0 aliphatic rings. The minimum atomic E-state index is -0.141. The Hall–Kier alpha value is -2.00. The Morgan fingerprint density at radius 3 is 2.55 bits per heavy atom. The lowest BCUT2D eigenvalue weighted by Crippen LogP contribution is -2.08. The number of carbonyl (C=O) groups is 1. The first kappa shape index (κ1) is 14.4. The predicted octanol–water partition coefficient (Wildman–Crippen LogP) is 3.78. The van der Waals surface area contributed by atoms with Gasteiger partial charge in [-0.1, -0.05) is 23.7 Å². The molecule has 4 heteroatoms. The number of halogens is 1. The average Bonchev–Trinajstić information content (AvgIpc) is 2.41. The fourth-order valence-electron chi connectivity index (χ4n) is 2.21. The van der Waals surface area contributed by atoms with Gasteiger partial charge in [0.25, 0.3) is 0 Å². The van der Waals surface area contributed by atoms with Crippen LogP contribution in [0.15, 0.2) is 30.3 Å². The van der Waals surface area contributed by atoms with Crippen molar-refractivity contribution < 1.29 is 9.53 Å². The summed E-state index contributed by atoms with van der Waals surface area (Å²) in [5, 5.41) is 0.551. The van der Waals surface area contributed by atoms with Crippen molar-refractivity contribution in [2.24, 2.45) is 0 Å². The van der Waals surface area contributed by atoms with Gasteiger partial charge in [-0.25, -0.2) is 0 Å². The number of hydrogen-bond donors (Lipinski definition) is 1. The van der Waals surface area contributed by atoms with Gasteiger partial charge in [0.15, 0.2) is 5.78 Å². The molecule has 0 radical (unpaired) electrons. The van der Waals surface area contributed by atoms with E-state index in [2.05, 4.69) is 0 Å². The Kier molecular flexibility index (Phi) is 4.00. The Balaban J connectivity index is 2.65. The number of ketones is 1. The van der Waals surface area contributed by atoms with Crippen LogP contribution >= 0.6 is 11.6 Å². The summed E-state index contributed by atoms with van der Waals surface area (Å²) in [5.41, 5.74) is 8.83. The molecule has 0 aliphatic heterocycles. The van der Waals surface area contributed by atoms with Crippen LogP contribution in [0.2, 0.25) is 5.02 Å². The maximum atomic E-state index is 12.7. The number of methoxy groups -OCH3 is 1. The summed E-state index contributed by atoms with van der Waals surface area (Å²) >= 11 is 6.18. The molecular weight excluding hydrogens is 274 g/mol. The van der Waals surface area contributed by atoms with E-state index in [1.807, 2.05) is 13.8 Å². The highest BCUT2D eigenvalue weighted by Gasteiger charge is 2.21. The second-order valence-corrected chi connectivity index (χ2v) is 5.07. The van der Waals surface area contributed by atoms with Crippen LogP contribution in [0.1, 0.15) is 27.0 Å². The van der Waals surface area contributed by atoms with Crippen LogP contribution in [0.3, 0.4) is 0 Å². The van der Waals surface area contributed by atoms with E-state index < -0.39 is 0 Å². The predicted molar refractivity (Wildman–Crippen MR) is 81.8 cm³/mol. The number of nitrogen functional groups attached to an aromatic ring is 1. The molecule has 2 aromatic rings. The lowest BCUT2D eigenvalue weighted by Gasteiger charge is -2.15. The van der Waals surface area contributed by atoms with Crippen LogP contribution in [-0.4, -0.2) is 12.9 Å². The molecule has 0 saturated carbocycles. The highest BCUT2D eigenvalue weighted by atomic mass is 35.5. The maximum Gasteiger partial charge on any atom is 0.197 e. The van der Waals surface area contributed by atoms with E-state index >= 15 is 0 Å². The summed E-state index contributed by atoms with van der Waals surface area (Å²) in [4.78, 5) is 12.7. The van der Waals surface area contributed by atoms with Gasteiger partial charge in [0.2, 0.25) is 0 Å². The molecule has 0 aliphatic carbocycles. The van der Waals surface area contributed by atoms with Crippen LogP contribution in [0.5, 0.6) is 5.75 Å². The number of carbonyl (C=O) groups excluding carboxylic acids is 1. The lowest BCUT2D eigenvalue weighted by molar-refractivity contribution is 0.103. The summed E-state index contributed by atoms with van der Waals surface area (Å²) in [5.74, 6) is 0.413. The lowest BCUT2D eigenvalue weighted by atomic mass is 9.95. The van der Waals surface area contributed by atoms with Crippen molar-refractivity contribution in [1.82, 2.24) is 0 Å². The van der Waals surface area contributed by atoms with Crippen molar-refractivity contribution in [2.45, 2.75) is 13.8 Å².